The Bertz CT molecular complexity index is 598. The summed E-state index contributed by atoms with van der Waals surface area (Å²) in [5, 5.41) is 5.53. The van der Waals surface area contributed by atoms with Crippen molar-refractivity contribution < 1.29 is 14.3 Å². The highest BCUT2D eigenvalue weighted by atomic mass is 16.5. The third-order valence-corrected chi connectivity index (χ3v) is 4.70. The molecule has 2 atom stereocenters. The van der Waals surface area contributed by atoms with E-state index < -0.39 is 11.0 Å². The first-order valence-electron chi connectivity index (χ1n) is 7.80. The summed E-state index contributed by atoms with van der Waals surface area (Å²) in [6.07, 6.45) is 0.495. The van der Waals surface area contributed by atoms with Crippen LogP contribution < -0.4 is 16.4 Å². The maximum Gasteiger partial charge on any atom is 0.245 e. The van der Waals surface area contributed by atoms with Crippen molar-refractivity contribution in [2.75, 3.05) is 17.2 Å². The Kier molecular flexibility index (Phi) is 4.77. The lowest BCUT2D eigenvalue weighted by atomic mass is 9.54. The first-order valence-corrected chi connectivity index (χ1v) is 7.80. The van der Waals surface area contributed by atoms with E-state index in [1.54, 1.807) is 24.3 Å². The summed E-state index contributed by atoms with van der Waals surface area (Å²) in [5.41, 5.74) is 6.28. The number of benzene rings is 1. The SMILES string of the molecule is CCOC1CC(N)(C(=O)Nc2ccc(NC(C)=O)cc2)C1(C)C. The molecular formula is C17H25N3O3. The molecule has 0 aliphatic heterocycles. The van der Waals surface area contributed by atoms with E-state index in [-0.39, 0.29) is 17.9 Å². The summed E-state index contributed by atoms with van der Waals surface area (Å²) in [5.74, 6) is -0.355. The van der Waals surface area contributed by atoms with Crippen molar-refractivity contribution >= 4 is 23.2 Å². The molecule has 2 amide bonds. The van der Waals surface area contributed by atoms with Crippen LogP contribution in [0.1, 0.15) is 34.1 Å². The largest absolute Gasteiger partial charge is 0.378 e. The first-order chi connectivity index (χ1) is 10.7. The summed E-state index contributed by atoms with van der Waals surface area (Å²) in [7, 11) is 0. The fourth-order valence-corrected chi connectivity index (χ4v) is 2.90. The lowest BCUT2D eigenvalue weighted by Crippen LogP contribution is -2.74. The zero-order chi connectivity index (χ0) is 17.3. The van der Waals surface area contributed by atoms with Crippen LogP contribution in [0.4, 0.5) is 11.4 Å². The fraction of sp³-hybridized carbons (Fsp3) is 0.529. The number of rotatable bonds is 5. The first kappa shape index (κ1) is 17.4. The Labute approximate surface area is 136 Å². The van der Waals surface area contributed by atoms with Gasteiger partial charge in [0.05, 0.1) is 6.10 Å². The van der Waals surface area contributed by atoms with E-state index in [4.69, 9.17) is 10.5 Å². The molecule has 6 nitrogen and oxygen atoms in total. The third-order valence-electron chi connectivity index (χ3n) is 4.70. The average molecular weight is 319 g/mol. The van der Waals surface area contributed by atoms with Gasteiger partial charge in [0.25, 0.3) is 0 Å². The molecule has 2 unspecified atom stereocenters. The van der Waals surface area contributed by atoms with E-state index >= 15 is 0 Å². The van der Waals surface area contributed by atoms with Crippen molar-refractivity contribution in [1.82, 2.24) is 0 Å². The minimum absolute atomic E-state index is 0.00890. The monoisotopic (exact) mass is 319 g/mol. The van der Waals surface area contributed by atoms with Crippen LogP contribution in [-0.2, 0) is 14.3 Å². The summed E-state index contributed by atoms with van der Waals surface area (Å²) in [4.78, 5) is 23.6. The predicted molar refractivity (Wildman–Crippen MR) is 90.1 cm³/mol. The Morgan fingerprint density at radius 1 is 1.22 bits per heavy atom. The zero-order valence-corrected chi connectivity index (χ0v) is 14.1. The molecule has 0 bridgehead atoms. The second kappa shape index (κ2) is 6.29. The van der Waals surface area contributed by atoms with Crippen LogP contribution in [0.5, 0.6) is 0 Å². The van der Waals surface area contributed by atoms with Gasteiger partial charge in [0.2, 0.25) is 11.8 Å². The van der Waals surface area contributed by atoms with E-state index in [9.17, 15) is 9.59 Å². The van der Waals surface area contributed by atoms with E-state index in [2.05, 4.69) is 10.6 Å². The highest BCUT2D eigenvalue weighted by Gasteiger charge is 2.62. The van der Waals surface area contributed by atoms with Gasteiger partial charge in [-0.3, -0.25) is 9.59 Å². The molecule has 0 radical (unpaired) electrons. The molecule has 2 rings (SSSR count). The number of carbonyl (C=O) groups is 2. The maximum atomic E-state index is 12.6. The number of carbonyl (C=O) groups excluding carboxylic acids is 2. The fourth-order valence-electron chi connectivity index (χ4n) is 2.90. The number of ether oxygens (including phenoxy) is 1. The quantitative estimate of drug-likeness (QED) is 0.775. The molecule has 1 fully saturated rings. The van der Waals surface area contributed by atoms with E-state index in [1.165, 1.54) is 6.92 Å². The molecule has 1 saturated carbocycles. The van der Waals surface area contributed by atoms with E-state index in [1.807, 2.05) is 20.8 Å². The van der Waals surface area contributed by atoms with Crippen molar-refractivity contribution in [2.24, 2.45) is 11.1 Å². The minimum atomic E-state index is -0.955. The highest BCUT2D eigenvalue weighted by molar-refractivity contribution is 6.00. The molecule has 1 aliphatic rings. The molecule has 1 aromatic carbocycles. The zero-order valence-electron chi connectivity index (χ0n) is 14.1. The van der Waals surface area contributed by atoms with Crippen molar-refractivity contribution in [2.45, 2.75) is 45.8 Å². The number of nitrogens with two attached hydrogens (primary N) is 1. The van der Waals surface area contributed by atoms with Crippen LogP contribution in [0.3, 0.4) is 0 Å². The van der Waals surface area contributed by atoms with Gasteiger partial charge in [0.1, 0.15) is 5.54 Å². The van der Waals surface area contributed by atoms with Crippen molar-refractivity contribution in [3.8, 4) is 0 Å². The lowest BCUT2D eigenvalue weighted by Gasteiger charge is -2.57. The number of hydrogen-bond donors (Lipinski definition) is 3. The molecule has 126 valence electrons. The molecule has 0 aromatic heterocycles. The topological polar surface area (TPSA) is 93.4 Å². The van der Waals surface area contributed by atoms with E-state index in [0.717, 1.165) is 0 Å². The highest BCUT2D eigenvalue weighted by Crippen LogP contribution is 2.50. The van der Waals surface area contributed by atoms with E-state index in [0.29, 0.717) is 24.4 Å². The molecule has 0 saturated heterocycles. The number of amides is 2. The van der Waals surface area contributed by atoms with Crippen LogP contribution in [0, 0.1) is 5.41 Å². The normalized spacial score (nSPS) is 25.3. The Hall–Kier alpha value is -1.92. The Balaban J connectivity index is 2.03. The van der Waals surface area contributed by atoms with Crippen LogP contribution in [0.15, 0.2) is 24.3 Å². The van der Waals surface area contributed by atoms with Gasteiger partial charge >= 0.3 is 0 Å². The van der Waals surface area contributed by atoms with Gasteiger partial charge in [0.15, 0.2) is 0 Å². The minimum Gasteiger partial charge on any atom is -0.378 e. The predicted octanol–water partition coefficient (Wildman–Crippen LogP) is 2.12. The molecule has 1 aliphatic carbocycles. The standard InChI is InChI=1S/C17H25N3O3/c1-5-23-14-10-17(18,16(14,3)4)15(22)20-13-8-6-12(7-9-13)19-11(2)21/h6-9,14H,5,10,18H2,1-4H3,(H,19,21)(H,20,22). The Morgan fingerprint density at radius 3 is 2.17 bits per heavy atom. The van der Waals surface area contributed by atoms with Gasteiger partial charge in [-0.15, -0.1) is 0 Å². The van der Waals surface area contributed by atoms with Gasteiger partial charge in [-0.1, -0.05) is 13.8 Å². The molecule has 1 aromatic rings. The van der Waals surface area contributed by atoms with Gasteiger partial charge in [-0.05, 0) is 31.2 Å². The average Bonchev–Trinajstić information content (AvgIpc) is 2.48. The third kappa shape index (κ3) is 3.23. The van der Waals surface area contributed by atoms with Gasteiger partial charge in [-0.25, -0.2) is 0 Å². The van der Waals surface area contributed by atoms with Crippen LogP contribution in [0.2, 0.25) is 0 Å². The summed E-state index contributed by atoms with van der Waals surface area (Å²) in [6.45, 7) is 7.90. The second-order valence-electron chi connectivity index (χ2n) is 6.55. The molecule has 6 heteroatoms. The molecular weight excluding hydrogens is 294 g/mol. The second-order valence-corrected chi connectivity index (χ2v) is 6.55. The summed E-state index contributed by atoms with van der Waals surface area (Å²) >= 11 is 0. The van der Waals surface area contributed by atoms with Gasteiger partial charge in [0, 0.05) is 36.7 Å². The summed E-state index contributed by atoms with van der Waals surface area (Å²) < 4.78 is 5.64. The van der Waals surface area contributed by atoms with Gasteiger partial charge in [-0.2, -0.15) is 0 Å². The van der Waals surface area contributed by atoms with Crippen LogP contribution in [-0.4, -0.2) is 30.1 Å². The number of anilines is 2. The number of nitrogens with one attached hydrogen (secondary N) is 2. The molecule has 23 heavy (non-hydrogen) atoms. The van der Waals surface area contributed by atoms with Crippen LogP contribution in [0.25, 0.3) is 0 Å². The Morgan fingerprint density at radius 2 is 1.74 bits per heavy atom. The molecule has 0 spiro atoms. The van der Waals surface area contributed by atoms with Crippen molar-refractivity contribution in [3.63, 3.8) is 0 Å². The molecule has 0 heterocycles. The van der Waals surface area contributed by atoms with Gasteiger partial charge < -0.3 is 21.1 Å². The summed E-state index contributed by atoms with van der Waals surface area (Å²) in [6, 6.07) is 6.93. The van der Waals surface area contributed by atoms with Crippen LogP contribution >= 0.6 is 0 Å². The maximum absolute atomic E-state index is 12.6. The van der Waals surface area contributed by atoms with Crippen molar-refractivity contribution in [3.05, 3.63) is 24.3 Å². The lowest BCUT2D eigenvalue weighted by molar-refractivity contribution is -0.166. The van der Waals surface area contributed by atoms with Crippen molar-refractivity contribution in [1.29, 1.82) is 0 Å². The number of hydrogen-bond acceptors (Lipinski definition) is 4. The molecule has 4 N–H and O–H groups in total. The smallest absolute Gasteiger partial charge is 0.245 e.